The van der Waals surface area contributed by atoms with E-state index in [0.717, 1.165) is 0 Å². The summed E-state index contributed by atoms with van der Waals surface area (Å²) in [5, 5.41) is 2.30. The third kappa shape index (κ3) is 3.89. The minimum absolute atomic E-state index is 0.0597. The van der Waals surface area contributed by atoms with Crippen molar-refractivity contribution in [3.63, 3.8) is 0 Å². The zero-order chi connectivity index (χ0) is 22.1. The summed E-state index contributed by atoms with van der Waals surface area (Å²) in [7, 11) is 0. The number of halogens is 2. The highest BCUT2D eigenvalue weighted by atomic mass is 79.9. The molecule has 3 aromatic carbocycles. The molecule has 0 unspecified atom stereocenters. The molecule has 0 atom stereocenters. The van der Waals surface area contributed by atoms with Crippen molar-refractivity contribution in [1.29, 1.82) is 0 Å². The van der Waals surface area contributed by atoms with Gasteiger partial charge in [-0.1, -0.05) is 52.3 Å². The lowest BCUT2D eigenvalue weighted by Gasteiger charge is -2.19. The highest BCUT2D eigenvalue weighted by molar-refractivity contribution is 9.10. The number of nitrogens with one attached hydrogen (secondary N) is 1. The van der Waals surface area contributed by atoms with Crippen molar-refractivity contribution < 1.29 is 28.3 Å². The van der Waals surface area contributed by atoms with E-state index in [1.807, 2.05) is 0 Å². The van der Waals surface area contributed by atoms with Crippen molar-refractivity contribution in [2.75, 3.05) is 11.9 Å². The Balaban J connectivity index is 1.53. The van der Waals surface area contributed by atoms with Crippen LogP contribution in [0.4, 0.5) is 10.1 Å². The predicted molar refractivity (Wildman–Crippen MR) is 113 cm³/mol. The number of carbonyl (C=O) groups excluding carboxylic acids is 4. The van der Waals surface area contributed by atoms with Crippen LogP contribution in [0.1, 0.15) is 42.2 Å². The lowest BCUT2D eigenvalue weighted by atomic mass is 9.82. The fourth-order valence-electron chi connectivity index (χ4n) is 3.30. The molecule has 0 saturated carbocycles. The monoisotopic (exact) mass is 481 g/mol. The van der Waals surface area contributed by atoms with E-state index in [0.29, 0.717) is 4.47 Å². The van der Waals surface area contributed by atoms with Gasteiger partial charge >= 0.3 is 5.97 Å². The van der Waals surface area contributed by atoms with Crippen LogP contribution in [0.25, 0.3) is 0 Å². The van der Waals surface area contributed by atoms with Gasteiger partial charge in [-0.3, -0.25) is 14.4 Å². The topological polar surface area (TPSA) is 89.5 Å². The molecule has 3 aromatic rings. The Morgan fingerprint density at radius 1 is 0.903 bits per heavy atom. The quantitative estimate of drug-likeness (QED) is 0.442. The van der Waals surface area contributed by atoms with Gasteiger partial charge in [0.25, 0.3) is 5.91 Å². The summed E-state index contributed by atoms with van der Waals surface area (Å²) in [4.78, 5) is 50.4. The molecule has 4 rings (SSSR count). The first-order valence-corrected chi connectivity index (χ1v) is 9.89. The molecule has 1 aliphatic rings. The van der Waals surface area contributed by atoms with E-state index in [1.54, 1.807) is 24.3 Å². The molecule has 0 aromatic heterocycles. The summed E-state index contributed by atoms with van der Waals surface area (Å²) in [6.45, 7) is -0.698. The van der Waals surface area contributed by atoms with Crippen LogP contribution in [0.2, 0.25) is 0 Å². The second-order valence-corrected chi connectivity index (χ2v) is 7.60. The van der Waals surface area contributed by atoms with Crippen LogP contribution in [0.15, 0.2) is 65.1 Å². The van der Waals surface area contributed by atoms with Crippen LogP contribution in [0, 0.1) is 5.82 Å². The summed E-state index contributed by atoms with van der Waals surface area (Å²) >= 11 is 3.11. The van der Waals surface area contributed by atoms with Crippen LogP contribution in [0.5, 0.6) is 0 Å². The molecule has 154 valence electrons. The molecule has 1 N–H and O–H groups in total. The number of hydrogen-bond acceptors (Lipinski definition) is 5. The molecule has 1 amide bonds. The van der Waals surface area contributed by atoms with E-state index < -0.39 is 30.1 Å². The van der Waals surface area contributed by atoms with E-state index >= 15 is 0 Å². The average molecular weight is 482 g/mol. The maximum Gasteiger partial charge on any atom is 0.339 e. The number of hydrogen-bond donors (Lipinski definition) is 1. The van der Waals surface area contributed by atoms with E-state index in [1.165, 1.54) is 36.4 Å². The van der Waals surface area contributed by atoms with Crippen molar-refractivity contribution in [2.24, 2.45) is 0 Å². The molecule has 0 aliphatic heterocycles. The normalized spacial score (nSPS) is 12.1. The second-order valence-electron chi connectivity index (χ2n) is 6.68. The van der Waals surface area contributed by atoms with Gasteiger partial charge in [0.1, 0.15) is 5.82 Å². The number of amides is 1. The smallest absolute Gasteiger partial charge is 0.339 e. The SMILES string of the molecule is O=C(COC(=O)c1cccc2c1C(=O)c1ccccc1C2=O)Nc1ccc(Br)cc1F. The molecule has 0 bridgehead atoms. The standard InChI is InChI=1S/C23H13BrFNO5/c24-12-8-9-18(17(25)10-12)26-19(27)11-31-23(30)16-7-3-6-15-20(16)22(29)14-5-2-1-4-13(14)21(15)28/h1-10H,11H2,(H,26,27). The molecular weight excluding hydrogens is 469 g/mol. The van der Waals surface area contributed by atoms with Gasteiger partial charge in [-0.25, -0.2) is 9.18 Å². The molecule has 8 heteroatoms. The third-order valence-electron chi connectivity index (χ3n) is 4.71. The Morgan fingerprint density at radius 3 is 2.29 bits per heavy atom. The Morgan fingerprint density at radius 2 is 1.58 bits per heavy atom. The summed E-state index contributed by atoms with van der Waals surface area (Å²) < 4.78 is 19.4. The molecule has 0 fully saturated rings. The maximum absolute atomic E-state index is 13.8. The average Bonchev–Trinajstić information content (AvgIpc) is 2.77. The molecule has 0 radical (unpaired) electrons. The first-order valence-electron chi connectivity index (χ1n) is 9.10. The molecule has 0 saturated heterocycles. The van der Waals surface area contributed by atoms with Crippen molar-refractivity contribution in [1.82, 2.24) is 0 Å². The fraction of sp³-hybridized carbons (Fsp3) is 0.0435. The largest absolute Gasteiger partial charge is 0.452 e. The molecule has 0 spiro atoms. The highest BCUT2D eigenvalue weighted by Crippen LogP contribution is 2.29. The minimum atomic E-state index is -0.941. The molecule has 31 heavy (non-hydrogen) atoms. The number of ether oxygens (including phenoxy) is 1. The zero-order valence-corrected chi connectivity index (χ0v) is 17.4. The second kappa shape index (κ2) is 8.23. The first kappa shape index (κ1) is 20.6. The van der Waals surface area contributed by atoms with Crippen molar-refractivity contribution in [3.8, 4) is 0 Å². The van der Waals surface area contributed by atoms with Gasteiger partial charge in [0.15, 0.2) is 18.2 Å². The summed E-state index contributed by atoms with van der Waals surface area (Å²) in [5.41, 5.74) is 0.312. The number of ketones is 2. The van der Waals surface area contributed by atoms with Crippen LogP contribution >= 0.6 is 15.9 Å². The van der Waals surface area contributed by atoms with Crippen LogP contribution in [-0.4, -0.2) is 30.0 Å². The highest BCUT2D eigenvalue weighted by Gasteiger charge is 2.33. The van der Waals surface area contributed by atoms with E-state index in [4.69, 9.17) is 4.74 Å². The molecule has 1 aliphatic carbocycles. The maximum atomic E-state index is 13.8. The van der Waals surface area contributed by atoms with Crippen molar-refractivity contribution >= 4 is 45.1 Å². The lowest BCUT2D eigenvalue weighted by molar-refractivity contribution is -0.119. The van der Waals surface area contributed by atoms with Crippen LogP contribution in [0.3, 0.4) is 0 Å². The van der Waals surface area contributed by atoms with Gasteiger partial charge in [0.05, 0.1) is 11.3 Å². The molecular formula is C23H13BrFNO5. The number of fused-ring (bicyclic) bond motifs is 2. The Kier molecular flexibility index (Phi) is 5.48. The molecule has 0 heterocycles. The third-order valence-corrected chi connectivity index (χ3v) is 5.21. The van der Waals surface area contributed by atoms with Crippen LogP contribution in [-0.2, 0) is 9.53 Å². The predicted octanol–water partition coefficient (Wildman–Crippen LogP) is 4.16. The van der Waals surface area contributed by atoms with Gasteiger partial charge in [-0.05, 0) is 24.3 Å². The van der Waals surface area contributed by atoms with Crippen molar-refractivity contribution in [2.45, 2.75) is 0 Å². The van der Waals surface area contributed by atoms with Gasteiger partial charge < -0.3 is 10.1 Å². The van der Waals surface area contributed by atoms with Gasteiger partial charge in [0.2, 0.25) is 0 Å². The van der Waals surface area contributed by atoms with Crippen molar-refractivity contribution in [3.05, 3.63) is 98.8 Å². The Labute approximate surface area is 184 Å². The number of carbonyl (C=O) groups is 4. The summed E-state index contributed by atoms with van der Waals surface area (Å²) in [5.74, 6) is -3.20. The Hall–Kier alpha value is -3.65. The van der Waals surface area contributed by atoms with E-state index in [2.05, 4.69) is 21.2 Å². The summed E-state index contributed by atoms with van der Waals surface area (Å²) in [6, 6.07) is 14.7. The fourth-order valence-corrected chi connectivity index (χ4v) is 3.63. The number of anilines is 1. The zero-order valence-electron chi connectivity index (χ0n) is 15.8. The number of benzene rings is 3. The number of esters is 1. The summed E-state index contributed by atoms with van der Waals surface area (Å²) in [6.07, 6.45) is 0. The van der Waals surface area contributed by atoms with Crippen LogP contribution < -0.4 is 5.32 Å². The Bertz CT molecular complexity index is 1270. The first-order chi connectivity index (χ1) is 14.9. The van der Waals surface area contributed by atoms with E-state index in [-0.39, 0.29) is 39.3 Å². The van der Waals surface area contributed by atoms with Gasteiger partial charge in [-0.15, -0.1) is 0 Å². The van der Waals surface area contributed by atoms with E-state index in [9.17, 15) is 23.6 Å². The minimum Gasteiger partial charge on any atom is -0.452 e. The van der Waals surface area contributed by atoms with Gasteiger partial charge in [0, 0.05) is 26.7 Å². The lowest BCUT2D eigenvalue weighted by Crippen LogP contribution is -2.26. The number of rotatable bonds is 4. The molecule has 6 nitrogen and oxygen atoms in total. The van der Waals surface area contributed by atoms with Gasteiger partial charge in [-0.2, -0.15) is 0 Å².